The van der Waals surface area contributed by atoms with E-state index in [9.17, 15) is 4.79 Å². The zero-order valence-electron chi connectivity index (χ0n) is 21.0. The van der Waals surface area contributed by atoms with Crippen LogP contribution in [0.4, 0.5) is 5.82 Å². The highest BCUT2D eigenvalue weighted by Gasteiger charge is 2.31. The van der Waals surface area contributed by atoms with Crippen molar-refractivity contribution in [3.8, 4) is 28.6 Å². The van der Waals surface area contributed by atoms with E-state index in [0.717, 1.165) is 10.8 Å². The van der Waals surface area contributed by atoms with E-state index in [1.54, 1.807) is 19.4 Å². The minimum absolute atomic E-state index is 0.114. The Kier molecular flexibility index (Phi) is 8.26. The van der Waals surface area contributed by atoms with Crippen LogP contribution in [0.1, 0.15) is 6.42 Å². The molecule has 1 aromatic carbocycles. The van der Waals surface area contributed by atoms with Crippen molar-refractivity contribution in [2.24, 2.45) is 0 Å². The summed E-state index contributed by atoms with van der Waals surface area (Å²) < 4.78 is 22.1. The molecule has 11 heteroatoms. The molecule has 196 valence electrons. The third-order valence-electron chi connectivity index (χ3n) is 6.39. The van der Waals surface area contributed by atoms with Gasteiger partial charge in [0, 0.05) is 42.3 Å². The maximum atomic E-state index is 12.0. The van der Waals surface area contributed by atoms with Gasteiger partial charge < -0.3 is 29.2 Å². The average Bonchev–Trinajstić information content (AvgIpc) is 2.92. The number of carbonyl (C=O) groups is 1. The summed E-state index contributed by atoms with van der Waals surface area (Å²) in [7, 11) is 6.48. The molecule has 9 nitrogen and oxygen atoms in total. The molecule has 3 heterocycles. The van der Waals surface area contributed by atoms with Gasteiger partial charge in [0.2, 0.25) is 11.8 Å². The van der Waals surface area contributed by atoms with Gasteiger partial charge in [0.25, 0.3) is 0 Å². The summed E-state index contributed by atoms with van der Waals surface area (Å²) >= 11 is 13.2. The van der Waals surface area contributed by atoms with E-state index in [2.05, 4.69) is 16.9 Å². The quantitative estimate of drug-likeness (QED) is 0.412. The fraction of sp³-hybridized carbons (Fsp3) is 0.346. The highest BCUT2D eigenvalue weighted by Crippen LogP contribution is 2.46. The van der Waals surface area contributed by atoms with Crippen LogP contribution in [0.25, 0.3) is 22.0 Å². The molecule has 0 radical (unpaired) electrons. The van der Waals surface area contributed by atoms with Crippen LogP contribution in [-0.4, -0.2) is 69.5 Å². The fourth-order valence-electron chi connectivity index (χ4n) is 4.38. The van der Waals surface area contributed by atoms with Crippen molar-refractivity contribution >= 4 is 45.7 Å². The number of nitrogens with one attached hydrogen (secondary N) is 1. The van der Waals surface area contributed by atoms with Gasteiger partial charge in [-0.1, -0.05) is 29.8 Å². The first-order chi connectivity index (χ1) is 17.8. The Hall–Kier alpha value is -3.27. The molecule has 1 saturated heterocycles. The number of nitrogens with zero attached hydrogens (tertiary/aromatic N) is 3. The molecule has 2 aromatic heterocycles. The monoisotopic (exact) mass is 546 g/mol. The molecule has 1 amide bonds. The number of anilines is 1. The van der Waals surface area contributed by atoms with Crippen LogP contribution >= 0.6 is 23.2 Å². The van der Waals surface area contributed by atoms with Crippen LogP contribution in [0, 0.1) is 0 Å². The number of methoxy groups -OCH3 is 3. The van der Waals surface area contributed by atoms with Crippen molar-refractivity contribution in [2.75, 3.05) is 46.5 Å². The maximum Gasteiger partial charge on any atom is 0.243 e. The van der Waals surface area contributed by atoms with E-state index in [1.165, 1.54) is 20.3 Å². The van der Waals surface area contributed by atoms with Crippen LogP contribution < -0.4 is 24.4 Å². The third-order valence-corrected chi connectivity index (χ3v) is 7.14. The number of carbonyl (C=O) groups excluding carboxylic acids is 1. The molecular weight excluding hydrogens is 519 g/mol. The smallest absolute Gasteiger partial charge is 0.243 e. The van der Waals surface area contributed by atoms with E-state index in [1.807, 2.05) is 24.1 Å². The zero-order chi connectivity index (χ0) is 26.7. The van der Waals surface area contributed by atoms with E-state index in [4.69, 9.17) is 47.1 Å². The van der Waals surface area contributed by atoms with Crippen LogP contribution in [0.3, 0.4) is 0 Å². The molecule has 0 aliphatic carbocycles. The van der Waals surface area contributed by atoms with E-state index >= 15 is 0 Å². The lowest BCUT2D eigenvalue weighted by atomic mass is 10.0. The van der Waals surface area contributed by atoms with Gasteiger partial charge in [-0.05, 0) is 24.6 Å². The Bertz CT molecular complexity index is 1310. The van der Waals surface area contributed by atoms with E-state index < -0.39 is 0 Å². The van der Waals surface area contributed by atoms with Crippen molar-refractivity contribution < 1.29 is 23.7 Å². The minimum Gasteiger partial charge on any atom is -0.495 e. The van der Waals surface area contributed by atoms with Gasteiger partial charge in [-0.3, -0.25) is 4.79 Å². The summed E-state index contributed by atoms with van der Waals surface area (Å²) in [6.45, 7) is 4.56. The molecule has 37 heavy (non-hydrogen) atoms. The number of fused-ring (bicyclic) bond motifs is 1. The van der Waals surface area contributed by atoms with Gasteiger partial charge in [0.15, 0.2) is 0 Å². The predicted octanol–water partition coefficient (Wildman–Crippen LogP) is 4.53. The van der Waals surface area contributed by atoms with Crippen molar-refractivity contribution in [1.82, 2.24) is 15.3 Å². The number of hydrogen-bond acceptors (Lipinski definition) is 8. The van der Waals surface area contributed by atoms with E-state index in [0.29, 0.717) is 64.1 Å². The number of amides is 1. The summed E-state index contributed by atoms with van der Waals surface area (Å²) in [5.41, 5.74) is 0.938. The number of hydrogen-bond donors (Lipinski definition) is 1. The standard InChI is InChI=1S/C26H28Cl2N4O5/c1-6-22(33)30-16-7-8-37-13-18(16)32(2)21-10-15-14(12-29-21)9-17(31-26(15)36-5)23-24(27)19(34-3)11-20(35-4)25(23)28/h6,9-12,16,18H,1,7-8,13H2,2-5H3,(H,30,33)/t16-,18+/m0/s1. The van der Waals surface area contributed by atoms with Gasteiger partial charge in [0.1, 0.15) is 17.3 Å². The maximum absolute atomic E-state index is 12.0. The molecule has 1 N–H and O–H groups in total. The predicted molar refractivity (Wildman–Crippen MR) is 144 cm³/mol. The average molecular weight is 547 g/mol. The molecule has 1 aliphatic heterocycles. The fourth-order valence-corrected chi connectivity index (χ4v) is 5.07. The van der Waals surface area contributed by atoms with Crippen LogP contribution in [0.2, 0.25) is 10.0 Å². The number of likely N-dealkylation sites (N-methyl/N-ethyl adjacent to an activating group) is 1. The Morgan fingerprint density at radius 3 is 2.49 bits per heavy atom. The van der Waals surface area contributed by atoms with Crippen molar-refractivity contribution in [2.45, 2.75) is 18.5 Å². The summed E-state index contributed by atoms with van der Waals surface area (Å²) in [4.78, 5) is 23.3. The van der Waals surface area contributed by atoms with E-state index in [-0.39, 0.29) is 18.0 Å². The second kappa shape index (κ2) is 11.4. The number of halogens is 2. The normalized spacial score (nSPS) is 17.2. The molecule has 3 aromatic rings. The number of benzene rings is 1. The Morgan fingerprint density at radius 2 is 1.86 bits per heavy atom. The molecule has 2 atom stereocenters. The van der Waals surface area contributed by atoms with Gasteiger partial charge in [-0.2, -0.15) is 0 Å². The highest BCUT2D eigenvalue weighted by atomic mass is 35.5. The van der Waals surface area contributed by atoms with Gasteiger partial charge >= 0.3 is 0 Å². The molecule has 0 bridgehead atoms. The second-order valence-electron chi connectivity index (χ2n) is 8.43. The minimum atomic E-state index is -0.221. The summed E-state index contributed by atoms with van der Waals surface area (Å²) in [5.74, 6) is 1.63. The SMILES string of the molecule is C=CC(=O)N[C@H]1CCOC[C@H]1N(C)c1cc2c(OC)nc(-c3c(Cl)c(OC)cc(OC)c3Cl)cc2cn1. The molecule has 1 aliphatic rings. The first kappa shape index (κ1) is 26.8. The first-order valence-electron chi connectivity index (χ1n) is 11.5. The van der Waals surface area contributed by atoms with Crippen molar-refractivity contribution in [3.63, 3.8) is 0 Å². The third kappa shape index (κ3) is 5.25. The summed E-state index contributed by atoms with van der Waals surface area (Å²) in [5, 5.41) is 5.11. The Labute approximate surface area is 225 Å². The number of ether oxygens (including phenoxy) is 4. The lowest BCUT2D eigenvalue weighted by molar-refractivity contribution is -0.117. The van der Waals surface area contributed by atoms with Crippen LogP contribution in [0.15, 0.2) is 37.1 Å². The molecular formula is C26H28Cl2N4O5. The largest absolute Gasteiger partial charge is 0.495 e. The lowest BCUT2D eigenvalue weighted by Crippen LogP contribution is -2.55. The molecule has 0 saturated carbocycles. The molecule has 4 rings (SSSR count). The van der Waals surface area contributed by atoms with Gasteiger partial charge in [-0.25, -0.2) is 9.97 Å². The topological polar surface area (TPSA) is 95.0 Å². The zero-order valence-corrected chi connectivity index (χ0v) is 22.5. The van der Waals surface area contributed by atoms with Gasteiger partial charge in [0.05, 0.1) is 55.8 Å². The van der Waals surface area contributed by atoms with Crippen molar-refractivity contribution in [3.05, 3.63) is 47.1 Å². The molecule has 1 fully saturated rings. The number of rotatable bonds is 8. The van der Waals surface area contributed by atoms with Crippen molar-refractivity contribution in [1.29, 1.82) is 0 Å². The van der Waals surface area contributed by atoms with Gasteiger partial charge in [-0.15, -0.1) is 0 Å². The van der Waals surface area contributed by atoms with Crippen LogP contribution in [-0.2, 0) is 9.53 Å². The Balaban J connectivity index is 1.77. The second-order valence-corrected chi connectivity index (χ2v) is 9.18. The highest BCUT2D eigenvalue weighted by molar-refractivity contribution is 6.41. The number of aromatic nitrogens is 2. The van der Waals surface area contributed by atoms with Crippen LogP contribution in [0.5, 0.6) is 17.4 Å². The summed E-state index contributed by atoms with van der Waals surface area (Å²) in [6, 6.07) is 5.10. The number of pyridine rings is 2. The summed E-state index contributed by atoms with van der Waals surface area (Å²) in [6.07, 6.45) is 3.68. The lowest BCUT2D eigenvalue weighted by Gasteiger charge is -2.38. The Morgan fingerprint density at radius 1 is 1.16 bits per heavy atom. The molecule has 0 unspecified atom stereocenters. The first-order valence-corrected chi connectivity index (χ1v) is 12.3. The molecule has 0 spiro atoms.